The van der Waals surface area contributed by atoms with Gasteiger partial charge in [0.15, 0.2) is 0 Å². The van der Waals surface area contributed by atoms with Crippen LogP contribution < -0.4 is 16.0 Å². The number of aliphatic imine (C=N–C) groups is 1. The van der Waals surface area contributed by atoms with Gasteiger partial charge < -0.3 is 20.7 Å². The van der Waals surface area contributed by atoms with Crippen LogP contribution in [0.25, 0.3) is 0 Å². The molecule has 0 bridgehead atoms. The van der Waals surface area contributed by atoms with Crippen molar-refractivity contribution in [3.63, 3.8) is 0 Å². The zero-order chi connectivity index (χ0) is 22.4. The molecule has 0 saturated carbocycles. The highest BCUT2D eigenvalue weighted by Gasteiger charge is 2.32. The maximum Gasteiger partial charge on any atom is 0.248 e. The molecule has 3 N–H and O–H groups in total. The summed E-state index contributed by atoms with van der Waals surface area (Å²) in [4.78, 5) is 17.0. The number of carbonyl (C=O) groups is 1. The van der Waals surface area contributed by atoms with Crippen molar-refractivity contribution in [2.45, 2.75) is 19.9 Å². The van der Waals surface area contributed by atoms with Crippen LogP contribution in [0, 0.1) is 11.7 Å². The summed E-state index contributed by atoms with van der Waals surface area (Å²) in [5.41, 5.74) is 3.09. The SMILES string of the molecule is CCOC1=CC2N=CC(C)=C(Nc3ccc(F)c(Cl)c3)C2C=C1NC(=O)/C=C/CNC. The molecule has 8 heteroatoms. The number of benzene rings is 1. The predicted molar refractivity (Wildman–Crippen MR) is 123 cm³/mol. The molecule has 1 aromatic carbocycles. The zero-order valence-corrected chi connectivity index (χ0v) is 18.5. The van der Waals surface area contributed by atoms with Crippen molar-refractivity contribution in [2.24, 2.45) is 10.9 Å². The Labute approximate surface area is 186 Å². The second kappa shape index (κ2) is 10.4. The Morgan fingerprint density at radius 1 is 1.35 bits per heavy atom. The van der Waals surface area contributed by atoms with E-state index in [0.717, 1.165) is 11.3 Å². The number of ether oxygens (including phenoxy) is 1. The largest absolute Gasteiger partial charge is 0.492 e. The Balaban J connectivity index is 1.89. The smallest absolute Gasteiger partial charge is 0.248 e. The molecule has 1 aromatic rings. The number of nitrogens with one attached hydrogen (secondary N) is 3. The van der Waals surface area contributed by atoms with Gasteiger partial charge in [0.1, 0.15) is 11.6 Å². The Kier molecular flexibility index (Phi) is 7.65. The summed E-state index contributed by atoms with van der Waals surface area (Å²) in [6.07, 6.45) is 8.86. The molecule has 3 rings (SSSR count). The molecule has 31 heavy (non-hydrogen) atoms. The van der Waals surface area contributed by atoms with E-state index in [9.17, 15) is 9.18 Å². The van der Waals surface area contributed by atoms with Crippen molar-refractivity contribution >= 4 is 29.4 Å². The molecular formula is C23H26ClFN4O2. The first kappa shape index (κ1) is 22.8. The summed E-state index contributed by atoms with van der Waals surface area (Å²) in [5.74, 6) is -0.292. The van der Waals surface area contributed by atoms with E-state index in [1.54, 1.807) is 24.4 Å². The average molecular weight is 445 g/mol. The first-order valence-electron chi connectivity index (χ1n) is 10.1. The Morgan fingerprint density at radius 2 is 2.16 bits per heavy atom. The number of amides is 1. The Morgan fingerprint density at radius 3 is 2.87 bits per heavy atom. The second-order valence-electron chi connectivity index (χ2n) is 7.14. The summed E-state index contributed by atoms with van der Waals surface area (Å²) in [5, 5.41) is 9.25. The minimum absolute atomic E-state index is 0.0447. The highest BCUT2D eigenvalue weighted by atomic mass is 35.5. The summed E-state index contributed by atoms with van der Waals surface area (Å²) < 4.78 is 19.3. The number of anilines is 1. The predicted octanol–water partition coefficient (Wildman–Crippen LogP) is 3.94. The minimum Gasteiger partial charge on any atom is -0.492 e. The van der Waals surface area contributed by atoms with Gasteiger partial charge in [-0.2, -0.15) is 0 Å². The van der Waals surface area contributed by atoms with Crippen molar-refractivity contribution in [1.29, 1.82) is 0 Å². The number of nitrogens with zero attached hydrogens (tertiary/aromatic N) is 1. The van der Waals surface area contributed by atoms with Gasteiger partial charge in [0.25, 0.3) is 0 Å². The molecule has 1 heterocycles. The van der Waals surface area contributed by atoms with Crippen LogP contribution in [0.1, 0.15) is 13.8 Å². The van der Waals surface area contributed by atoms with Crippen LogP contribution in [0.5, 0.6) is 0 Å². The number of hydrogen-bond acceptors (Lipinski definition) is 5. The molecule has 0 aromatic heterocycles. The number of hydrogen-bond donors (Lipinski definition) is 3. The Bertz CT molecular complexity index is 997. The molecule has 0 radical (unpaired) electrons. The van der Waals surface area contributed by atoms with Gasteiger partial charge >= 0.3 is 0 Å². The van der Waals surface area contributed by atoms with Gasteiger partial charge in [-0.05, 0) is 56.8 Å². The van der Waals surface area contributed by atoms with E-state index >= 15 is 0 Å². The van der Waals surface area contributed by atoms with Gasteiger partial charge in [0.2, 0.25) is 5.91 Å². The lowest BCUT2D eigenvalue weighted by atomic mass is 9.86. The van der Waals surface area contributed by atoms with Gasteiger partial charge in [0, 0.05) is 36.1 Å². The molecular weight excluding hydrogens is 419 g/mol. The molecule has 0 fully saturated rings. The van der Waals surface area contributed by atoms with Crippen LogP contribution in [-0.4, -0.2) is 38.4 Å². The standard InChI is InChI=1S/C23H26ClFN4O2/c1-4-31-21-12-19-16(11-20(21)29-22(30)6-5-9-26-3)23(14(2)13-27-19)28-15-7-8-18(25)17(24)10-15/h5-8,10-13,16,19,26,28H,4,9H2,1-3H3,(H,29,30)/b6-5+. The summed E-state index contributed by atoms with van der Waals surface area (Å²) in [6.45, 7) is 4.89. The third kappa shape index (κ3) is 5.62. The number of fused-ring (bicyclic) bond motifs is 1. The van der Waals surface area contributed by atoms with Crippen LogP contribution in [0.15, 0.2) is 70.2 Å². The fourth-order valence-corrected chi connectivity index (χ4v) is 3.56. The summed E-state index contributed by atoms with van der Waals surface area (Å²) >= 11 is 5.94. The normalized spacial score (nSPS) is 20.3. The van der Waals surface area contributed by atoms with E-state index in [-0.39, 0.29) is 22.9 Å². The number of carbonyl (C=O) groups excluding carboxylic acids is 1. The van der Waals surface area contributed by atoms with Crippen molar-refractivity contribution in [2.75, 3.05) is 25.5 Å². The quantitative estimate of drug-likeness (QED) is 0.531. The first-order chi connectivity index (χ1) is 14.9. The van der Waals surface area contributed by atoms with Gasteiger partial charge in [-0.25, -0.2) is 4.39 Å². The first-order valence-corrected chi connectivity index (χ1v) is 10.5. The number of allylic oxidation sites excluding steroid dienone is 1. The summed E-state index contributed by atoms with van der Waals surface area (Å²) in [6, 6.07) is 4.30. The van der Waals surface area contributed by atoms with Crippen LogP contribution >= 0.6 is 11.6 Å². The molecule has 2 unspecified atom stereocenters. The number of dihydropyridines is 1. The van der Waals surface area contributed by atoms with E-state index in [1.807, 2.05) is 33.0 Å². The van der Waals surface area contributed by atoms with Crippen molar-refractivity contribution in [3.8, 4) is 0 Å². The van der Waals surface area contributed by atoms with E-state index < -0.39 is 5.82 Å². The van der Waals surface area contributed by atoms with E-state index in [2.05, 4.69) is 20.9 Å². The fourth-order valence-electron chi connectivity index (χ4n) is 3.38. The van der Waals surface area contributed by atoms with Crippen molar-refractivity contribution < 1.29 is 13.9 Å². The molecule has 6 nitrogen and oxygen atoms in total. The molecule has 0 spiro atoms. The average Bonchev–Trinajstić information content (AvgIpc) is 2.74. The minimum atomic E-state index is -0.473. The number of likely N-dealkylation sites (N-methyl/N-ethyl adjacent to an activating group) is 1. The van der Waals surface area contributed by atoms with Gasteiger partial charge in [-0.1, -0.05) is 17.7 Å². The van der Waals surface area contributed by atoms with Crippen LogP contribution in [-0.2, 0) is 9.53 Å². The lowest BCUT2D eigenvalue weighted by Crippen LogP contribution is -2.33. The van der Waals surface area contributed by atoms with Crippen LogP contribution in [0.3, 0.4) is 0 Å². The molecule has 2 atom stereocenters. The lowest BCUT2D eigenvalue weighted by Gasteiger charge is -2.32. The molecule has 2 aliphatic rings. The van der Waals surface area contributed by atoms with Crippen molar-refractivity contribution in [3.05, 3.63) is 76.1 Å². The maximum absolute atomic E-state index is 13.5. The molecule has 164 valence electrons. The van der Waals surface area contributed by atoms with E-state index in [0.29, 0.717) is 30.3 Å². The maximum atomic E-state index is 13.5. The second-order valence-corrected chi connectivity index (χ2v) is 7.55. The van der Waals surface area contributed by atoms with Gasteiger partial charge in [-0.15, -0.1) is 0 Å². The fraction of sp³-hybridized carbons (Fsp3) is 0.304. The lowest BCUT2D eigenvalue weighted by molar-refractivity contribution is -0.115. The van der Waals surface area contributed by atoms with Crippen LogP contribution in [0.2, 0.25) is 5.02 Å². The highest BCUT2D eigenvalue weighted by molar-refractivity contribution is 6.31. The monoisotopic (exact) mass is 444 g/mol. The zero-order valence-electron chi connectivity index (χ0n) is 17.7. The topological polar surface area (TPSA) is 74.8 Å². The van der Waals surface area contributed by atoms with Crippen molar-refractivity contribution in [1.82, 2.24) is 10.6 Å². The van der Waals surface area contributed by atoms with Gasteiger partial charge in [-0.3, -0.25) is 9.79 Å². The van der Waals surface area contributed by atoms with E-state index in [4.69, 9.17) is 16.3 Å². The van der Waals surface area contributed by atoms with Crippen LogP contribution in [0.4, 0.5) is 10.1 Å². The highest BCUT2D eigenvalue weighted by Crippen LogP contribution is 2.34. The third-order valence-corrected chi connectivity index (χ3v) is 5.14. The molecule has 0 saturated heterocycles. The molecule has 1 aliphatic carbocycles. The number of halogens is 2. The van der Waals surface area contributed by atoms with E-state index in [1.165, 1.54) is 12.1 Å². The molecule has 1 amide bonds. The molecule has 1 aliphatic heterocycles. The summed E-state index contributed by atoms with van der Waals surface area (Å²) in [7, 11) is 1.81. The number of rotatable bonds is 8. The van der Waals surface area contributed by atoms with Gasteiger partial charge in [0.05, 0.1) is 23.4 Å². The third-order valence-electron chi connectivity index (χ3n) is 4.85. The Hall–Kier alpha value is -2.90.